The van der Waals surface area contributed by atoms with E-state index < -0.39 is 0 Å². The van der Waals surface area contributed by atoms with Crippen LogP contribution in [0.25, 0.3) is 11.1 Å². The normalized spacial score (nSPS) is 17.7. The summed E-state index contributed by atoms with van der Waals surface area (Å²) in [6.45, 7) is 5.65. The van der Waals surface area contributed by atoms with Gasteiger partial charge in [-0.1, -0.05) is 56.3 Å². The molecule has 1 aliphatic rings. The summed E-state index contributed by atoms with van der Waals surface area (Å²) in [4.78, 5) is 0. The highest BCUT2D eigenvalue weighted by Crippen LogP contribution is 2.28. The van der Waals surface area contributed by atoms with Crippen molar-refractivity contribution in [3.8, 4) is 16.9 Å². The largest absolute Gasteiger partial charge is 0.507 e. The lowest BCUT2D eigenvalue weighted by molar-refractivity contribution is 0.0343. The van der Waals surface area contributed by atoms with Gasteiger partial charge in [0.2, 0.25) is 0 Å². The molecule has 0 atom stereocenters. The molecule has 4 heteroatoms. The van der Waals surface area contributed by atoms with E-state index in [0.29, 0.717) is 13.2 Å². The number of rotatable bonds is 2. The Morgan fingerprint density at radius 1 is 0.952 bits per heavy atom. The van der Waals surface area contributed by atoms with Crippen molar-refractivity contribution >= 4 is 12.6 Å². The van der Waals surface area contributed by atoms with Crippen LogP contribution in [0.3, 0.4) is 0 Å². The number of phenolic OH excluding ortho intramolecular Hbond substituents is 1. The van der Waals surface area contributed by atoms with Gasteiger partial charge >= 0.3 is 7.12 Å². The maximum atomic E-state index is 9.89. The van der Waals surface area contributed by atoms with Crippen LogP contribution in [0, 0.1) is 5.41 Å². The van der Waals surface area contributed by atoms with E-state index in [2.05, 4.69) is 13.8 Å². The zero-order valence-corrected chi connectivity index (χ0v) is 12.4. The molecule has 0 unspecified atom stereocenters. The van der Waals surface area contributed by atoms with Gasteiger partial charge in [-0.3, -0.25) is 0 Å². The molecule has 3 nitrogen and oxygen atoms in total. The van der Waals surface area contributed by atoms with Crippen molar-refractivity contribution < 1.29 is 14.4 Å². The van der Waals surface area contributed by atoms with Crippen LogP contribution in [0.15, 0.2) is 48.5 Å². The summed E-state index contributed by atoms with van der Waals surface area (Å²) in [5.74, 6) is 0.289. The first-order valence-electron chi connectivity index (χ1n) is 7.17. The van der Waals surface area contributed by atoms with Crippen LogP contribution in [-0.2, 0) is 9.31 Å². The molecule has 1 saturated heterocycles. The number of hydrogen-bond donors (Lipinski definition) is 1. The third kappa shape index (κ3) is 3.12. The van der Waals surface area contributed by atoms with Crippen molar-refractivity contribution in [3.05, 3.63) is 48.5 Å². The SMILES string of the molecule is CC1(C)COB(c2ccc(-c3ccccc3O)cc2)OC1. The van der Waals surface area contributed by atoms with E-state index >= 15 is 0 Å². The molecule has 2 aromatic carbocycles. The summed E-state index contributed by atoms with van der Waals surface area (Å²) >= 11 is 0. The van der Waals surface area contributed by atoms with Crippen LogP contribution in [0.2, 0.25) is 0 Å². The number of benzene rings is 2. The Morgan fingerprint density at radius 3 is 2.19 bits per heavy atom. The summed E-state index contributed by atoms with van der Waals surface area (Å²) in [6.07, 6.45) is 0. The summed E-state index contributed by atoms with van der Waals surface area (Å²) < 4.78 is 11.6. The second-order valence-electron chi connectivity index (χ2n) is 6.26. The zero-order chi connectivity index (χ0) is 14.9. The topological polar surface area (TPSA) is 38.7 Å². The molecular weight excluding hydrogens is 263 g/mol. The van der Waals surface area contributed by atoms with Crippen molar-refractivity contribution in [2.24, 2.45) is 5.41 Å². The minimum atomic E-state index is -0.295. The fourth-order valence-corrected chi connectivity index (χ4v) is 2.42. The third-order valence-corrected chi connectivity index (χ3v) is 3.65. The molecule has 2 aromatic rings. The standard InChI is InChI=1S/C17H19BO3/c1-17(2)11-20-18(21-12-17)14-9-7-13(8-10-14)15-5-3-4-6-16(15)19/h3-10,19H,11-12H2,1-2H3. The second kappa shape index (κ2) is 5.55. The minimum Gasteiger partial charge on any atom is -0.507 e. The maximum Gasteiger partial charge on any atom is 0.493 e. The Hall–Kier alpha value is -1.78. The van der Waals surface area contributed by atoms with E-state index in [1.54, 1.807) is 6.07 Å². The molecule has 1 aliphatic heterocycles. The number of phenols is 1. The van der Waals surface area contributed by atoms with Gasteiger partial charge in [0.15, 0.2) is 0 Å². The van der Waals surface area contributed by atoms with Crippen LogP contribution in [0.4, 0.5) is 0 Å². The first-order chi connectivity index (χ1) is 10.1. The van der Waals surface area contributed by atoms with E-state index in [-0.39, 0.29) is 18.3 Å². The summed E-state index contributed by atoms with van der Waals surface area (Å²) in [6, 6.07) is 15.3. The fourth-order valence-electron chi connectivity index (χ4n) is 2.42. The van der Waals surface area contributed by atoms with Gasteiger partial charge in [-0.15, -0.1) is 0 Å². The smallest absolute Gasteiger partial charge is 0.493 e. The molecule has 1 fully saturated rings. The van der Waals surface area contributed by atoms with E-state index in [1.165, 1.54) is 0 Å². The maximum absolute atomic E-state index is 9.89. The minimum absolute atomic E-state index is 0.0757. The molecule has 0 amide bonds. The lowest BCUT2D eigenvalue weighted by Crippen LogP contribution is -2.47. The van der Waals surface area contributed by atoms with Crippen LogP contribution < -0.4 is 5.46 Å². The Kier molecular flexibility index (Phi) is 3.74. The molecule has 3 rings (SSSR count). The third-order valence-electron chi connectivity index (χ3n) is 3.65. The van der Waals surface area contributed by atoms with Gasteiger partial charge < -0.3 is 14.4 Å². The quantitative estimate of drug-likeness (QED) is 0.861. The van der Waals surface area contributed by atoms with Crippen LogP contribution >= 0.6 is 0 Å². The molecule has 1 heterocycles. The highest BCUT2D eigenvalue weighted by atomic mass is 16.6. The fraction of sp³-hybridized carbons (Fsp3) is 0.294. The van der Waals surface area contributed by atoms with Crippen LogP contribution in [-0.4, -0.2) is 25.4 Å². The highest BCUT2D eigenvalue weighted by molar-refractivity contribution is 6.61. The van der Waals surface area contributed by atoms with E-state index in [4.69, 9.17) is 9.31 Å². The van der Waals surface area contributed by atoms with E-state index in [1.807, 2.05) is 42.5 Å². The van der Waals surface area contributed by atoms with Gasteiger partial charge in [0.25, 0.3) is 0 Å². The van der Waals surface area contributed by atoms with Crippen molar-refractivity contribution in [1.29, 1.82) is 0 Å². The molecule has 108 valence electrons. The predicted octanol–water partition coefficient (Wildman–Crippen LogP) is 2.83. The second-order valence-corrected chi connectivity index (χ2v) is 6.26. The van der Waals surface area contributed by atoms with E-state index in [0.717, 1.165) is 16.6 Å². The van der Waals surface area contributed by atoms with E-state index in [9.17, 15) is 5.11 Å². The van der Waals surface area contributed by atoms with Gasteiger partial charge in [-0.2, -0.15) is 0 Å². The predicted molar refractivity (Wildman–Crippen MR) is 84.6 cm³/mol. The molecule has 0 radical (unpaired) electrons. The molecule has 0 bridgehead atoms. The van der Waals surface area contributed by atoms with Crippen molar-refractivity contribution in [2.75, 3.05) is 13.2 Å². The average Bonchev–Trinajstić information content (AvgIpc) is 2.48. The lowest BCUT2D eigenvalue weighted by Gasteiger charge is -2.33. The summed E-state index contributed by atoms with van der Waals surface area (Å²) in [5, 5.41) is 9.89. The summed E-state index contributed by atoms with van der Waals surface area (Å²) in [7, 11) is -0.295. The molecule has 0 aromatic heterocycles. The first kappa shape index (κ1) is 14.2. The van der Waals surface area contributed by atoms with Crippen molar-refractivity contribution in [2.45, 2.75) is 13.8 Å². The van der Waals surface area contributed by atoms with Gasteiger partial charge in [-0.25, -0.2) is 0 Å². The Labute approximate surface area is 125 Å². The summed E-state index contributed by atoms with van der Waals surface area (Å²) in [5.41, 5.74) is 2.89. The molecule has 0 saturated carbocycles. The average molecular weight is 282 g/mol. The number of para-hydroxylation sites is 1. The lowest BCUT2D eigenvalue weighted by atomic mass is 9.75. The Morgan fingerprint density at radius 2 is 1.57 bits per heavy atom. The monoisotopic (exact) mass is 282 g/mol. The Balaban J connectivity index is 1.78. The molecule has 1 N–H and O–H groups in total. The molecule has 0 aliphatic carbocycles. The van der Waals surface area contributed by atoms with Crippen molar-refractivity contribution in [3.63, 3.8) is 0 Å². The highest BCUT2D eigenvalue weighted by Gasteiger charge is 2.33. The van der Waals surface area contributed by atoms with Gasteiger partial charge in [0, 0.05) is 24.2 Å². The van der Waals surface area contributed by atoms with Crippen LogP contribution in [0.5, 0.6) is 5.75 Å². The Bertz CT molecular complexity index is 612. The first-order valence-corrected chi connectivity index (χ1v) is 7.17. The molecule has 21 heavy (non-hydrogen) atoms. The number of hydrogen-bond acceptors (Lipinski definition) is 3. The van der Waals surface area contributed by atoms with Crippen molar-refractivity contribution in [1.82, 2.24) is 0 Å². The molecule has 0 spiro atoms. The zero-order valence-electron chi connectivity index (χ0n) is 12.4. The number of aromatic hydroxyl groups is 1. The van der Waals surface area contributed by atoms with Crippen LogP contribution in [0.1, 0.15) is 13.8 Å². The van der Waals surface area contributed by atoms with Gasteiger partial charge in [0.1, 0.15) is 5.75 Å². The molecular formula is C17H19BO3. The van der Waals surface area contributed by atoms with Gasteiger partial charge in [0.05, 0.1) is 0 Å². The van der Waals surface area contributed by atoms with Gasteiger partial charge in [-0.05, 0) is 17.1 Å².